The van der Waals surface area contributed by atoms with E-state index in [0.29, 0.717) is 60.2 Å². The molecule has 31 heavy (non-hydrogen) atoms. The van der Waals surface area contributed by atoms with Crippen molar-refractivity contribution in [1.82, 2.24) is 14.9 Å². The van der Waals surface area contributed by atoms with E-state index in [0.717, 1.165) is 0 Å². The van der Waals surface area contributed by atoms with Crippen LogP contribution in [0.2, 0.25) is 0 Å². The Morgan fingerprint density at radius 3 is 2.55 bits per heavy atom. The van der Waals surface area contributed by atoms with Gasteiger partial charge in [0.25, 0.3) is 5.91 Å². The van der Waals surface area contributed by atoms with Gasteiger partial charge in [0.2, 0.25) is 5.71 Å². The number of anilines is 1. The predicted molar refractivity (Wildman–Crippen MR) is 113 cm³/mol. The fraction of sp³-hybridized carbons (Fsp3) is 0.364. The summed E-state index contributed by atoms with van der Waals surface area (Å²) in [5.74, 6) is 1.20. The van der Waals surface area contributed by atoms with E-state index in [2.05, 4.69) is 9.97 Å². The zero-order valence-electron chi connectivity index (χ0n) is 17.5. The molecule has 1 saturated heterocycles. The Labute approximate surface area is 179 Å². The number of nitrogens with zero attached hydrogens (tertiary/aromatic N) is 4. The highest BCUT2D eigenvalue weighted by Crippen LogP contribution is 2.32. The van der Waals surface area contributed by atoms with Crippen molar-refractivity contribution in [1.29, 1.82) is 0 Å². The molecule has 4 rings (SSSR count). The second kappa shape index (κ2) is 9.03. The first-order valence-electron chi connectivity index (χ1n) is 10.2. The topological polar surface area (TPSA) is 98.0 Å². The Morgan fingerprint density at radius 2 is 1.84 bits per heavy atom. The van der Waals surface area contributed by atoms with E-state index in [1.165, 1.54) is 6.33 Å². The fourth-order valence-corrected chi connectivity index (χ4v) is 3.64. The molecule has 0 atom stereocenters. The number of fused-ring (bicyclic) bond motifs is 1. The van der Waals surface area contributed by atoms with Gasteiger partial charge in [-0.1, -0.05) is 18.2 Å². The highest BCUT2D eigenvalue weighted by Gasteiger charge is 2.28. The van der Waals surface area contributed by atoms with Crippen molar-refractivity contribution in [3.8, 4) is 5.75 Å². The molecule has 3 aromatic rings. The number of benzene rings is 1. The van der Waals surface area contributed by atoms with Crippen LogP contribution in [0.4, 0.5) is 5.82 Å². The molecule has 1 aliphatic heterocycles. The van der Waals surface area contributed by atoms with Gasteiger partial charge in [-0.05, 0) is 26.0 Å². The first-order valence-corrected chi connectivity index (χ1v) is 10.2. The molecule has 9 heteroatoms. The van der Waals surface area contributed by atoms with E-state index in [1.807, 2.05) is 35.2 Å². The molecule has 1 aliphatic rings. The Morgan fingerprint density at radius 1 is 1.10 bits per heavy atom. The lowest BCUT2D eigenvalue weighted by molar-refractivity contribution is -0.133. The molecule has 0 spiro atoms. The van der Waals surface area contributed by atoms with E-state index in [9.17, 15) is 9.59 Å². The average molecular weight is 424 g/mol. The van der Waals surface area contributed by atoms with Crippen LogP contribution in [0.3, 0.4) is 0 Å². The summed E-state index contributed by atoms with van der Waals surface area (Å²) < 4.78 is 16.4. The van der Waals surface area contributed by atoms with Crippen molar-refractivity contribution in [3.05, 3.63) is 48.0 Å². The van der Waals surface area contributed by atoms with Crippen LogP contribution >= 0.6 is 0 Å². The number of hydrogen-bond donors (Lipinski definition) is 0. The number of furan rings is 1. The van der Waals surface area contributed by atoms with Gasteiger partial charge in [0.05, 0.1) is 12.0 Å². The zero-order chi connectivity index (χ0) is 21.8. The van der Waals surface area contributed by atoms with Crippen molar-refractivity contribution in [2.75, 3.05) is 44.3 Å². The molecule has 0 radical (unpaired) electrons. The lowest BCUT2D eigenvalue weighted by Crippen LogP contribution is -2.50. The number of carbonyl (C=O) groups excluding carboxylic acids is 2. The third-order valence-electron chi connectivity index (χ3n) is 5.16. The number of ether oxygens (including phenoxy) is 2. The number of carbonyl (C=O) groups is 2. The van der Waals surface area contributed by atoms with Gasteiger partial charge in [-0.25, -0.2) is 14.8 Å². The number of para-hydroxylation sites is 1. The smallest absolute Gasteiger partial charge is 0.342 e. The van der Waals surface area contributed by atoms with Gasteiger partial charge < -0.3 is 23.7 Å². The van der Waals surface area contributed by atoms with E-state index in [-0.39, 0.29) is 19.1 Å². The second-order valence-corrected chi connectivity index (χ2v) is 7.10. The number of amides is 1. The minimum Gasteiger partial charge on any atom is -0.484 e. The van der Waals surface area contributed by atoms with Crippen molar-refractivity contribution < 1.29 is 23.5 Å². The first-order chi connectivity index (χ1) is 15.1. The van der Waals surface area contributed by atoms with Gasteiger partial charge in [0.1, 0.15) is 29.2 Å². The van der Waals surface area contributed by atoms with Gasteiger partial charge in [0.15, 0.2) is 6.61 Å². The molecule has 0 aliphatic carbocycles. The minimum atomic E-state index is -0.457. The van der Waals surface area contributed by atoms with Crippen LogP contribution in [0.5, 0.6) is 5.75 Å². The first kappa shape index (κ1) is 20.6. The quantitative estimate of drug-likeness (QED) is 0.557. The Bertz CT molecular complexity index is 1070. The second-order valence-electron chi connectivity index (χ2n) is 7.10. The van der Waals surface area contributed by atoms with Crippen LogP contribution in [-0.2, 0) is 9.53 Å². The Kier molecular flexibility index (Phi) is 6.01. The van der Waals surface area contributed by atoms with Crippen molar-refractivity contribution >= 4 is 28.8 Å². The minimum absolute atomic E-state index is 0.00427. The van der Waals surface area contributed by atoms with Gasteiger partial charge in [-0.15, -0.1) is 0 Å². The lowest BCUT2D eigenvalue weighted by atomic mass is 10.1. The monoisotopic (exact) mass is 424 g/mol. The van der Waals surface area contributed by atoms with Crippen molar-refractivity contribution in [2.24, 2.45) is 0 Å². The van der Waals surface area contributed by atoms with Crippen LogP contribution < -0.4 is 9.64 Å². The summed E-state index contributed by atoms with van der Waals surface area (Å²) >= 11 is 0. The largest absolute Gasteiger partial charge is 0.484 e. The summed E-state index contributed by atoms with van der Waals surface area (Å²) in [7, 11) is 0. The maximum absolute atomic E-state index is 12.5. The summed E-state index contributed by atoms with van der Waals surface area (Å²) in [6.07, 6.45) is 1.42. The predicted octanol–water partition coefficient (Wildman–Crippen LogP) is 2.44. The number of rotatable bonds is 6. The van der Waals surface area contributed by atoms with Gasteiger partial charge in [0, 0.05) is 26.2 Å². The molecule has 1 fully saturated rings. The van der Waals surface area contributed by atoms with Gasteiger partial charge >= 0.3 is 5.97 Å². The normalized spacial score (nSPS) is 14.0. The molecular formula is C22H24N4O5. The molecule has 3 heterocycles. The Hall–Kier alpha value is -3.62. The van der Waals surface area contributed by atoms with E-state index >= 15 is 0 Å². The molecule has 1 amide bonds. The molecule has 2 aromatic heterocycles. The maximum atomic E-state index is 12.5. The molecule has 0 saturated carbocycles. The summed E-state index contributed by atoms with van der Waals surface area (Å²) in [6.45, 7) is 5.90. The summed E-state index contributed by atoms with van der Waals surface area (Å²) in [4.78, 5) is 37.4. The van der Waals surface area contributed by atoms with Gasteiger partial charge in [-0.3, -0.25) is 4.79 Å². The summed E-state index contributed by atoms with van der Waals surface area (Å²) in [5, 5.41) is 0.547. The number of aromatic nitrogens is 2. The number of hydrogen-bond acceptors (Lipinski definition) is 8. The highest BCUT2D eigenvalue weighted by molar-refractivity contribution is 6.07. The fourth-order valence-electron chi connectivity index (χ4n) is 3.64. The lowest BCUT2D eigenvalue weighted by Gasteiger charge is -2.35. The molecule has 0 N–H and O–H groups in total. The van der Waals surface area contributed by atoms with Crippen molar-refractivity contribution in [2.45, 2.75) is 13.8 Å². The molecular weight excluding hydrogens is 400 g/mol. The van der Waals surface area contributed by atoms with Crippen LogP contribution in [-0.4, -0.2) is 66.1 Å². The third kappa shape index (κ3) is 4.30. The zero-order valence-corrected chi connectivity index (χ0v) is 17.5. The maximum Gasteiger partial charge on any atom is 0.342 e. The van der Waals surface area contributed by atoms with E-state index in [1.54, 1.807) is 18.7 Å². The SMILES string of the molecule is CCOC(=O)c1c(C)oc2ncnc(N3CCN(C(=O)COc4ccccc4)CC3)c12. The van der Waals surface area contributed by atoms with Crippen LogP contribution in [0, 0.1) is 6.92 Å². The molecule has 1 aromatic carbocycles. The molecule has 0 unspecified atom stereocenters. The van der Waals surface area contributed by atoms with Crippen LogP contribution in [0.1, 0.15) is 23.0 Å². The number of esters is 1. The molecule has 162 valence electrons. The molecule has 0 bridgehead atoms. The third-order valence-corrected chi connectivity index (χ3v) is 5.16. The summed E-state index contributed by atoms with van der Waals surface area (Å²) in [5.41, 5.74) is 0.697. The van der Waals surface area contributed by atoms with Crippen LogP contribution in [0.15, 0.2) is 41.1 Å². The van der Waals surface area contributed by atoms with Gasteiger partial charge in [-0.2, -0.15) is 0 Å². The van der Waals surface area contributed by atoms with E-state index in [4.69, 9.17) is 13.9 Å². The van der Waals surface area contributed by atoms with Crippen molar-refractivity contribution in [3.63, 3.8) is 0 Å². The number of piperazine rings is 1. The van der Waals surface area contributed by atoms with E-state index < -0.39 is 5.97 Å². The summed E-state index contributed by atoms with van der Waals surface area (Å²) in [6, 6.07) is 9.26. The number of aryl methyl sites for hydroxylation is 1. The molecule has 9 nitrogen and oxygen atoms in total. The standard InChI is InChI=1S/C22H24N4O5/c1-3-29-22(28)18-15(2)31-21-19(18)20(23-14-24-21)26-11-9-25(10-12-26)17(27)13-30-16-7-5-4-6-8-16/h4-8,14H,3,9-13H2,1-2H3. The van der Waals surface area contributed by atoms with Crippen LogP contribution in [0.25, 0.3) is 11.1 Å². The Balaban J connectivity index is 1.46. The average Bonchev–Trinajstić information content (AvgIpc) is 3.14. The highest BCUT2D eigenvalue weighted by atomic mass is 16.5.